The second-order valence-electron chi connectivity index (χ2n) is 7.76. The molecule has 0 radical (unpaired) electrons. The summed E-state index contributed by atoms with van der Waals surface area (Å²) in [6.07, 6.45) is 4.73. The van der Waals surface area contributed by atoms with Gasteiger partial charge in [-0.1, -0.05) is 36.4 Å². The molecule has 30 heavy (non-hydrogen) atoms. The molecule has 1 fully saturated rings. The van der Waals surface area contributed by atoms with Crippen LogP contribution in [0.5, 0.6) is 0 Å². The Morgan fingerprint density at radius 2 is 1.87 bits per heavy atom. The number of carbonyl (C=O) groups is 1. The average Bonchev–Trinajstić information content (AvgIpc) is 3.08. The Bertz CT molecular complexity index is 1010. The highest BCUT2D eigenvalue weighted by Gasteiger charge is 2.17. The van der Waals surface area contributed by atoms with Crippen LogP contribution in [0.3, 0.4) is 0 Å². The van der Waals surface area contributed by atoms with E-state index in [-0.39, 0.29) is 8.64 Å². The first-order valence-electron chi connectivity index (χ1n) is 10.7. The first kappa shape index (κ1) is 20.2. The molecule has 0 aliphatic carbocycles. The molecule has 5 nitrogen and oxygen atoms in total. The predicted molar refractivity (Wildman–Crippen MR) is 124 cm³/mol. The van der Waals surface area contributed by atoms with Crippen LogP contribution in [0.4, 0.5) is 5.82 Å². The SMILES string of the molecule is Cc1ncc(CCc2ccccc2)cc1C(=O)c1cccc(N2CCCNCC2)n1.[HH].[HH]. The van der Waals surface area contributed by atoms with E-state index in [1.807, 2.05) is 37.4 Å². The van der Waals surface area contributed by atoms with Crippen molar-refractivity contribution >= 4 is 11.6 Å². The summed E-state index contributed by atoms with van der Waals surface area (Å²) in [6.45, 7) is 5.70. The maximum Gasteiger partial charge on any atom is 0.213 e. The molecule has 0 unspecified atom stereocenters. The molecule has 1 aliphatic rings. The lowest BCUT2D eigenvalue weighted by molar-refractivity contribution is 0.103. The van der Waals surface area contributed by atoms with Gasteiger partial charge in [0.15, 0.2) is 0 Å². The molecule has 5 heteroatoms. The fourth-order valence-corrected chi connectivity index (χ4v) is 3.81. The standard InChI is InChI=1S/C25H28N4O.2H2/c1-19-22(17-21(18-27-19)12-11-20-7-3-2-4-8-20)25(30)23-9-5-10-24(28-23)29-15-6-13-26-14-16-29;;/h2-5,7-10,17-18,26H,6,11-16H2,1H3;2*1H. The Kier molecular flexibility index (Phi) is 6.50. The first-order chi connectivity index (χ1) is 14.7. The lowest BCUT2D eigenvalue weighted by Gasteiger charge is -2.21. The molecule has 0 bridgehead atoms. The molecule has 1 N–H and O–H groups in total. The number of carbonyl (C=O) groups excluding carboxylic acids is 1. The van der Waals surface area contributed by atoms with Gasteiger partial charge in [0.2, 0.25) is 5.78 Å². The lowest BCUT2D eigenvalue weighted by Crippen LogP contribution is -2.29. The molecular weight excluding hydrogens is 372 g/mol. The summed E-state index contributed by atoms with van der Waals surface area (Å²) in [5.41, 5.74) is 4.22. The van der Waals surface area contributed by atoms with Gasteiger partial charge >= 0.3 is 0 Å². The summed E-state index contributed by atoms with van der Waals surface area (Å²) in [5, 5.41) is 3.40. The van der Waals surface area contributed by atoms with Crippen molar-refractivity contribution in [3.8, 4) is 0 Å². The van der Waals surface area contributed by atoms with E-state index in [2.05, 4.69) is 39.5 Å². The number of nitrogens with one attached hydrogen (secondary N) is 1. The fourth-order valence-electron chi connectivity index (χ4n) is 3.81. The zero-order valence-electron chi connectivity index (χ0n) is 17.5. The van der Waals surface area contributed by atoms with Crippen molar-refractivity contribution in [3.63, 3.8) is 0 Å². The summed E-state index contributed by atoms with van der Waals surface area (Å²) in [6, 6.07) is 18.1. The minimum Gasteiger partial charge on any atom is -0.355 e. The Labute approximate surface area is 181 Å². The number of aryl methyl sites for hydroxylation is 3. The van der Waals surface area contributed by atoms with E-state index in [0.29, 0.717) is 11.3 Å². The van der Waals surface area contributed by atoms with E-state index in [9.17, 15) is 4.79 Å². The van der Waals surface area contributed by atoms with Gasteiger partial charge in [0.1, 0.15) is 11.5 Å². The highest BCUT2D eigenvalue weighted by molar-refractivity contribution is 6.08. The average molecular weight is 405 g/mol. The third kappa shape index (κ3) is 4.92. The zero-order valence-corrected chi connectivity index (χ0v) is 17.5. The van der Waals surface area contributed by atoms with Crippen molar-refractivity contribution in [3.05, 3.63) is 88.9 Å². The van der Waals surface area contributed by atoms with Crippen LogP contribution in [0.25, 0.3) is 0 Å². The van der Waals surface area contributed by atoms with Crippen LogP contribution in [0.15, 0.2) is 60.8 Å². The molecule has 0 amide bonds. The topological polar surface area (TPSA) is 58.1 Å². The molecule has 3 aromatic rings. The maximum atomic E-state index is 13.3. The van der Waals surface area contributed by atoms with Crippen LogP contribution < -0.4 is 10.2 Å². The Morgan fingerprint density at radius 3 is 2.73 bits per heavy atom. The molecule has 3 heterocycles. The number of nitrogens with zero attached hydrogens (tertiary/aromatic N) is 3. The van der Waals surface area contributed by atoms with Gasteiger partial charge in [0, 0.05) is 39.9 Å². The van der Waals surface area contributed by atoms with E-state index < -0.39 is 0 Å². The van der Waals surface area contributed by atoms with Crippen LogP contribution in [0.1, 0.15) is 42.1 Å². The predicted octanol–water partition coefficient (Wildman–Crippen LogP) is 4.09. The number of pyridine rings is 2. The van der Waals surface area contributed by atoms with Crippen molar-refractivity contribution in [2.45, 2.75) is 26.2 Å². The number of anilines is 1. The van der Waals surface area contributed by atoms with Gasteiger partial charge in [0.25, 0.3) is 0 Å². The van der Waals surface area contributed by atoms with Gasteiger partial charge in [-0.3, -0.25) is 9.78 Å². The highest BCUT2D eigenvalue weighted by Crippen LogP contribution is 2.18. The van der Waals surface area contributed by atoms with Gasteiger partial charge in [-0.25, -0.2) is 4.98 Å². The quantitative estimate of drug-likeness (QED) is 0.627. The number of aromatic nitrogens is 2. The first-order valence-corrected chi connectivity index (χ1v) is 10.7. The van der Waals surface area contributed by atoms with Crippen LogP contribution in [0, 0.1) is 6.92 Å². The monoisotopic (exact) mass is 404 g/mol. The number of rotatable bonds is 6. The van der Waals surface area contributed by atoms with E-state index >= 15 is 0 Å². The third-order valence-electron chi connectivity index (χ3n) is 5.56. The van der Waals surface area contributed by atoms with Gasteiger partial charge in [-0.2, -0.15) is 0 Å². The number of hydrogen-bond donors (Lipinski definition) is 1. The van der Waals surface area contributed by atoms with Crippen molar-refractivity contribution < 1.29 is 7.65 Å². The zero-order chi connectivity index (χ0) is 20.8. The molecule has 0 spiro atoms. The number of benzene rings is 1. The molecular formula is C25H32N4O. The lowest BCUT2D eigenvalue weighted by atomic mass is 10.0. The van der Waals surface area contributed by atoms with Gasteiger partial charge < -0.3 is 10.2 Å². The second-order valence-corrected chi connectivity index (χ2v) is 7.76. The Morgan fingerprint density at radius 1 is 1.03 bits per heavy atom. The largest absolute Gasteiger partial charge is 0.355 e. The molecule has 1 aliphatic heterocycles. The summed E-state index contributed by atoms with van der Waals surface area (Å²) in [5.74, 6) is 0.812. The van der Waals surface area contributed by atoms with Crippen molar-refractivity contribution in [2.75, 3.05) is 31.1 Å². The van der Waals surface area contributed by atoms with E-state index in [1.54, 1.807) is 6.07 Å². The molecule has 0 saturated carbocycles. The molecule has 158 valence electrons. The van der Waals surface area contributed by atoms with E-state index in [0.717, 1.165) is 62.5 Å². The minimum absolute atomic E-state index is 0. The summed E-state index contributed by atoms with van der Waals surface area (Å²) in [4.78, 5) is 24.7. The molecule has 0 atom stereocenters. The normalized spacial score (nSPS) is 14.4. The summed E-state index contributed by atoms with van der Waals surface area (Å²) < 4.78 is 0. The van der Waals surface area contributed by atoms with Crippen molar-refractivity contribution in [1.82, 2.24) is 15.3 Å². The van der Waals surface area contributed by atoms with Crippen LogP contribution in [-0.4, -0.2) is 41.9 Å². The summed E-state index contributed by atoms with van der Waals surface area (Å²) >= 11 is 0. The maximum absolute atomic E-state index is 13.3. The minimum atomic E-state index is -0.0589. The summed E-state index contributed by atoms with van der Waals surface area (Å²) in [7, 11) is 0. The highest BCUT2D eigenvalue weighted by atomic mass is 16.1. The second kappa shape index (κ2) is 9.63. The van der Waals surface area contributed by atoms with Gasteiger partial charge in [0.05, 0.1) is 0 Å². The molecule has 4 rings (SSSR count). The van der Waals surface area contributed by atoms with E-state index in [1.165, 1.54) is 5.56 Å². The third-order valence-corrected chi connectivity index (χ3v) is 5.56. The van der Waals surface area contributed by atoms with Crippen molar-refractivity contribution in [1.29, 1.82) is 0 Å². The molecule has 1 saturated heterocycles. The van der Waals surface area contributed by atoms with Crippen LogP contribution >= 0.6 is 0 Å². The molecule has 2 aromatic heterocycles. The van der Waals surface area contributed by atoms with Gasteiger partial charge in [-0.15, -0.1) is 0 Å². The fraction of sp³-hybridized carbons (Fsp3) is 0.320. The smallest absolute Gasteiger partial charge is 0.213 e. The number of ketones is 1. The van der Waals surface area contributed by atoms with Crippen LogP contribution in [-0.2, 0) is 12.8 Å². The van der Waals surface area contributed by atoms with Gasteiger partial charge in [-0.05, 0) is 62.1 Å². The number of hydrogen-bond acceptors (Lipinski definition) is 5. The van der Waals surface area contributed by atoms with Crippen LogP contribution in [0.2, 0.25) is 0 Å². The Hall–Kier alpha value is -3.05. The Balaban J connectivity index is 0.00000181. The molecule has 1 aromatic carbocycles. The van der Waals surface area contributed by atoms with E-state index in [4.69, 9.17) is 4.98 Å². The van der Waals surface area contributed by atoms with Crippen molar-refractivity contribution in [2.24, 2.45) is 0 Å².